The van der Waals surface area contributed by atoms with E-state index in [0.29, 0.717) is 6.61 Å². The molecule has 13 heavy (non-hydrogen) atoms. The van der Waals surface area contributed by atoms with Gasteiger partial charge in [-0.1, -0.05) is 33.1 Å². The van der Waals surface area contributed by atoms with E-state index in [4.69, 9.17) is 10.0 Å². The lowest BCUT2D eigenvalue weighted by Gasteiger charge is -2.04. The van der Waals surface area contributed by atoms with E-state index in [1.165, 1.54) is 12.8 Å². The molecule has 0 radical (unpaired) electrons. The van der Waals surface area contributed by atoms with Gasteiger partial charge in [-0.15, -0.1) is 0 Å². The van der Waals surface area contributed by atoms with Gasteiger partial charge in [0.15, 0.2) is 0 Å². The van der Waals surface area contributed by atoms with Crippen molar-refractivity contribution in [2.24, 2.45) is 5.92 Å². The molecule has 0 fully saturated rings. The van der Waals surface area contributed by atoms with Crippen LogP contribution in [0.3, 0.4) is 0 Å². The normalized spacial score (nSPS) is 10.8. The molecular formula is C8H19BO4. The third kappa shape index (κ3) is 11.9. The number of hydrogen-bond donors (Lipinski definition) is 2. The van der Waals surface area contributed by atoms with Crippen LogP contribution < -0.4 is 0 Å². The fourth-order valence-electron chi connectivity index (χ4n) is 0.999. The molecule has 0 aromatic rings. The summed E-state index contributed by atoms with van der Waals surface area (Å²) in [6.45, 7) is 4.80. The van der Waals surface area contributed by atoms with Gasteiger partial charge in [0.1, 0.15) is 0 Å². The van der Waals surface area contributed by atoms with Gasteiger partial charge in [0.2, 0.25) is 0 Å². The van der Waals surface area contributed by atoms with Crippen LogP contribution in [-0.4, -0.2) is 24.0 Å². The second-order valence-electron chi connectivity index (χ2n) is 3.49. The van der Waals surface area contributed by atoms with Crippen LogP contribution in [0.15, 0.2) is 0 Å². The summed E-state index contributed by atoms with van der Waals surface area (Å²) in [7, 11) is -1.82. The average molecular weight is 190 g/mol. The second kappa shape index (κ2) is 8.50. The summed E-state index contributed by atoms with van der Waals surface area (Å²) in [5, 5.41) is 16.5. The number of hydrogen-bond acceptors (Lipinski definition) is 4. The van der Waals surface area contributed by atoms with Crippen LogP contribution in [0, 0.1) is 5.92 Å². The second-order valence-corrected chi connectivity index (χ2v) is 3.49. The molecule has 0 aliphatic heterocycles. The third-order valence-electron chi connectivity index (χ3n) is 1.66. The molecule has 0 heterocycles. The quantitative estimate of drug-likeness (QED) is 0.260. The summed E-state index contributed by atoms with van der Waals surface area (Å²) in [5.41, 5.74) is 0. The van der Waals surface area contributed by atoms with E-state index >= 15 is 0 Å². The van der Waals surface area contributed by atoms with Gasteiger partial charge in [-0.3, -0.25) is 0 Å². The summed E-state index contributed by atoms with van der Waals surface area (Å²) in [6.07, 6.45) is 4.38. The van der Waals surface area contributed by atoms with Crippen LogP contribution in [0.1, 0.15) is 39.5 Å². The van der Waals surface area contributed by atoms with Crippen LogP contribution in [-0.2, 0) is 9.69 Å². The minimum absolute atomic E-state index is 0.412. The van der Waals surface area contributed by atoms with Crippen molar-refractivity contribution in [2.45, 2.75) is 39.5 Å². The summed E-state index contributed by atoms with van der Waals surface area (Å²) in [6, 6.07) is 0. The van der Waals surface area contributed by atoms with Gasteiger partial charge in [0, 0.05) is 0 Å². The molecule has 0 saturated heterocycles. The van der Waals surface area contributed by atoms with Gasteiger partial charge >= 0.3 is 7.32 Å². The third-order valence-corrected chi connectivity index (χ3v) is 1.66. The zero-order valence-corrected chi connectivity index (χ0v) is 8.40. The van der Waals surface area contributed by atoms with E-state index in [0.717, 1.165) is 18.8 Å². The summed E-state index contributed by atoms with van der Waals surface area (Å²) in [5.74, 6) is 0.747. The number of unbranched alkanes of at least 4 members (excludes halogenated alkanes) is 2. The van der Waals surface area contributed by atoms with E-state index in [9.17, 15) is 0 Å². The lowest BCUT2D eigenvalue weighted by molar-refractivity contribution is -0.235. The molecule has 0 bridgehead atoms. The highest BCUT2D eigenvalue weighted by molar-refractivity contribution is 6.32. The minimum Gasteiger partial charge on any atom is -0.400 e. The first-order valence-electron chi connectivity index (χ1n) is 4.77. The smallest absolute Gasteiger partial charge is 0.400 e. The standard InChI is InChI=1S/C8H19BO4/c1-8(2)6-4-3-5-7-12-13-9(10)11/h8,10-11H,3-7H2,1-2H3. The Labute approximate surface area is 80.0 Å². The van der Waals surface area contributed by atoms with Gasteiger partial charge in [-0.05, 0) is 12.3 Å². The first-order valence-corrected chi connectivity index (χ1v) is 4.77. The van der Waals surface area contributed by atoms with Crippen molar-refractivity contribution in [3.63, 3.8) is 0 Å². The maximum absolute atomic E-state index is 8.24. The van der Waals surface area contributed by atoms with Crippen molar-refractivity contribution in [3.8, 4) is 0 Å². The van der Waals surface area contributed by atoms with E-state index in [1.54, 1.807) is 0 Å². The predicted molar refractivity (Wildman–Crippen MR) is 50.5 cm³/mol. The zero-order valence-electron chi connectivity index (χ0n) is 8.40. The van der Waals surface area contributed by atoms with Crippen molar-refractivity contribution >= 4 is 7.32 Å². The first kappa shape index (κ1) is 12.9. The monoisotopic (exact) mass is 190 g/mol. The van der Waals surface area contributed by atoms with Crippen LogP contribution >= 0.6 is 0 Å². The van der Waals surface area contributed by atoms with Crippen LogP contribution in [0.2, 0.25) is 0 Å². The van der Waals surface area contributed by atoms with E-state index in [-0.39, 0.29) is 0 Å². The molecule has 0 rings (SSSR count). The Kier molecular flexibility index (Phi) is 8.44. The molecule has 0 atom stereocenters. The molecule has 5 heteroatoms. The molecule has 0 aromatic heterocycles. The fourth-order valence-corrected chi connectivity index (χ4v) is 0.999. The highest BCUT2D eigenvalue weighted by Crippen LogP contribution is 2.07. The lowest BCUT2D eigenvalue weighted by atomic mass is 10.1. The van der Waals surface area contributed by atoms with Crippen LogP contribution in [0.5, 0.6) is 0 Å². The Morgan fingerprint density at radius 1 is 1.15 bits per heavy atom. The molecule has 0 aliphatic carbocycles. The Bertz CT molecular complexity index is 96.3. The van der Waals surface area contributed by atoms with E-state index in [2.05, 4.69) is 23.5 Å². The molecule has 0 saturated carbocycles. The minimum atomic E-state index is -1.82. The summed E-state index contributed by atoms with van der Waals surface area (Å²) in [4.78, 5) is 8.58. The predicted octanol–water partition coefficient (Wildman–Crippen LogP) is 1.12. The van der Waals surface area contributed by atoms with Gasteiger partial charge < -0.3 is 10.0 Å². The molecule has 0 spiro atoms. The van der Waals surface area contributed by atoms with Gasteiger partial charge in [0.25, 0.3) is 0 Å². The van der Waals surface area contributed by atoms with Crippen molar-refractivity contribution in [1.29, 1.82) is 0 Å². The molecule has 0 amide bonds. The molecule has 4 nitrogen and oxygen atoms in total. The highest BCUT2D eigenvalue weighted by atomic mass is 17.2. The van der Waals surface area contributed by atoms with Crippen molar-refractivity contribution in [2.75, 3.05) is 6.61 Å². The largest absolute Gasteiger partial charge is 0.662 e. The average Bonchev–Trinajstić information content (AvgIpc) is 2.01. The maximum atomic E-state index is 8.24. The number of rotatable bonds is 8. The van der Waals surface area contributed by atoms with E-state index in [1.807, 2.05) is 0 Å². The van der Waals surface area contributed by atoms with Crippen molar-refractivity contribution in [1.82, 2.24) is 0 Å². The first-order chi connectivity index (χ1) is 6.13. The zero-order chi connectivity index (χ0) is 10.1. The van der Waals surface area contributed by atoms with Crippen LogP contribution in [0.4, 0.5) is 0 Å². The highest BCUT2D eigenvalue weighted by Gasteiger charge is 2.08. The van der Waals surface area contributed by atoms with Crippen LogP contribution in [0.25, 0.3) is 0 Å². The topological polar surface area (TPSA) is 58.9 Å². The molecule has 78 valence electrons. The Balaban J connectivity index is 2.92. The maximum Gasteiger partial charge on any atom is 0.662 e. The van der Waals surface area contributed by atoms with Crippen molar-refractivity contribution in [3.05, 3.63) is 0 Å². The molecular weight excluding hydrogens is 171 g/mol. The SMILES string of the molecule is CC(C)CCCCCOOB(O)O. The molecule has 2 N–H and O–H groups in total. The lowest BCUT2D eigenvalue weighted by Crippen LogP contribution is -2.17. The summed E-state index contributed by atoms with van der Waals surface area (Å²) >= 11 is 0. The summed E-state index contributed by atoms with van der Waals surface area (Å²) < 4.78 is 0. The Morgan fingerprint density at radius 3 is 2.38 bits per heavy atom. The molecule has 0 aliphatic rings. The van der Waals surface area contributed by atoms with Crippen molar-refractivity contribution < 1.29 is 19.7 Å². The Hall–Kier alpha value is -0.0951. The Morgan fingerprint density at radius 2 is 1.85 bits per heavy atom. The fraction of sp³-hybridized carbons (Fsp3) is 1.00. The van der Waals surface area contributed by atoms with E-state index < -0.39 is 7.32 Å². The van der Waals surface area contributed by atoms with Gasteiger partial charge in [-0.2, -0.15) is 0 Å². The molecule has 0 unspecified atom stereocenters. The molecule has 0 aromatic carbocycles. The van der Waals surface area contributed by atoms with Gasteiger partial charge in [0.05, 0.1) is 6.61 Å². The van der Waals surface area contributed by atoms with Gasteiger partial charge in [-0.25, -0.2) is 9.69 Å².